The average molecular weight is 434 g/mol. The van der Waals surface area contributed by atoms with E-state index in [2.05, 4.69) is 10.1 Å². The van der Waals surface area contributed by atoms with E-state index in [1.807, 2.05) is 0 Å². The number of aryl methyl sites for hydroxylation is 1. The van der Waals surface area contributed by atoms with Crippen molar-refractivity contribution in [3.8, 4) is 0 Å². The molecule has 0 bridgehead atoms. The van der Waals surface area contributed by atoms with Crippen LogP contribution in [0.25, 0.3) is 0 Å². The first-order valence-electron chi connectivity index (χ1n) is 10.1. The first-order valence-corrected chi connectivity index (χ1v) is 10.1. The molecule has 0 radical (unpaired) electrons. The number of likely N-dealkylation sites (tertiary alicyclic amines) is 1. The molecule has 1 aliphatic rings. The van der Waals surface area contributed by atoms with Crippen molar-refractivity contribution >= 4 is 29.6 Å². The highest BCUT2D eigenvalue weighted by molar-refractivity contribution is 5.96. The molecule has 1 atom stereocenters. The summed E-state index contributed by atoms with van der Waals surface area (Å²) >= 11 is 0. The number of benzene rings is 1. The summed E-state index contributed by atoms with van der Waals surface area (Å²) in [4.78, 5) is 50.0. The number of methoxy groups -OCH3 is 1. The van der Waals surface area contributed by atoms with Crippen LogP contribution in [0.15, 0.2) is 18.2 Å². The molecular formula is C22H30N2O7. The summed E-state index contributed by atoms with van der Waals surface area (Å²) in [6.45, 7) is 7.34. The summed E-state index contributed by atoms with van der Waals surface area (Å²) in [5, 5.41) is 2.63. The van der Waals surface area contributed by atoms with E-state index in [9.17, 15) is 19.2 Å². The molecule has 9 heteroatoms. The lowest BCUT2D eigenvalue weighted by atomic mass is 9.98. The van der Waals surface area contributed by atoms with Gasteiger partial charge in [-0.15, -0.1) is 0 Å². The topological polar surface area (TPSA) is 111 Å². The second-order valence-corrected chi connectivity index (χ2v) is 8.44. The van der Waals surface area contributed by atoms with Crippen molar-refractivity contribution in [3.63, 3.8) is 0 Å². The van der Waals surface area contributed by atoms with Gasteiger partial charge in [0.25, 0.3) is 5.91 Å². The zero-order valence-corrected chi connectivity index (χ0v) is 18.6. The third-order valence-corrected chi connectivity index (χ3v) is 4.68. The SMILES string of the molecule is COC(=O)c1ccc(C)c(NC(=O)COC(=O)C2CCCN(C(=O)OC(C)(C)C)C2)c1. The monoisotopic (exact) mass is 434 g/mol. The molecule has 1 heterocycles. The van der Waals surface area contributed by atoms with Crippen LogP contribution >= 0.6 is 0 Å². The molecule has 1 fully saturated rings. The van der Waals surface area contributed by atoms with E-state index < -0.39 is 42.1 Å². The van der Waals surface area contributed by atoms with Gasteiger partial charge in [-0.25, -0.2) is 9.59 Å². The van der Waals surface area contributed by atoms with Crippen LogP contribution in [-0.4, -0.2) is 61.2 Å². The summed E-state index contributed by atoms with van der Waals surface area (Å²) in [5.41, 5.74) is 0.849. The second kappa shape index (κ2) is 10.3. The van der Waals surface area contributed by atoms with Crippen molar-refractivity contribution in [1.82, 2.24) is 4.90 Å². The summed E-state index contributed by atoms with van der Waals surface area (Å²) in [5.74, 6) is -2.10. The van der Waals surface area contributed by atoms with Gasteiger partial charge in [-0.3, -0.25) is 9.59 Å². The molecule has 1 aromatic rings. The van der Waals surface area contributed by atoms with Gasteiger partial charge < -0.3 is 24.4 Å². The summed E-state index contributed by atoms with van der Waals surface area (Å²) in [6, 6.07) is 4.78. The minimum absolute atomic E-state index is 0.190. The maximum atomic E-state index is 12.4. The van der Waals surface area contributed by atoms with E-state index in [-0.39, 0.29) is 6.54 Å². The number of nitrogens with one attached hydrogen (secondary N) is 1. The number of amides is 2. The van der Waals surface area contributed by atoms with Crippen LogP contribution in [0, 0.1) is 12.8 Å². The van der Waals surface area contributed by atoms with Gasteiger partial charge in [0.1, 0.15) is 5.60 Å². The number of ether oxygens (including phenoxy) is 3. The molecular weight excluding hydrogens is 404 g/mol. The highest BCUT2D eigenvalue weighted by Crippen LogP contribution is 2.21. The summed E-state index contributed by atoms with van der Waals surface area (Å²) in [7, 11) is 1.27. The zero-order chi connectivity index (χ0) is 23.2. The molecule has 0 aliphatic carbocycles. The Morgan fingerprint density at radius 3 is 2.55 bits per heavy atom. The Kier molecular flexibility index (Phi) is 8.01. The average Bonchev–Trinajstić information content (AvgIpc) is 2.71. The highest BCUT2D eigenvalue weighted by Gasteiger charge is 2.32. The second-order valence-electron chi connectivity index (χ2n) is 8.44. The minimum Gasteiger partial charge on any atom is -0.465 e. The van der Waals surface area contributed by atoms with Crippen molar-refractivity contribution in [2.75, 3.05) is 32.1 Å². The van der Waals surface area contributed by atoms with Gasteiger partial charge in [0.05, 0.1) is 18.6 Å². The van der Waals surface area contributed by atoms with Crippen molar-refractivity contribution < 1.29 is 33.4 Å². The van der Waals surface area contributed by atoms with Gasteiger partial charge in [-0.05, 0) is 58.2 Å². The third-order valence-electron chi connectivity index (χ3n) is 4.68. The van der Waals surface area contributed by atoms with E-state index in [0.29, 0.717) is 30.6 Å². The van der Waals surface area contributed by atoms with Crippen LogP contribution in [0.4, 0.5) is 10.5 Å². The van der Waals surface area contributed by atoms with Crippen LogP contribution in [0.2, 0.25) is 0 Å². The predicted molar refractivity (Wildman–Crippen MR) is 113 cm³/mol. The van der Waals surface area contributed by atoms with E-state index in [1.165, 1.54) is 18.1 Å². The Bertz CT molecular complexity index is 845. The number of carbonyl (C=O) groups is 4. The molecule has 1 aliphatic heterocycles. The number of esters is 2. The molecule has 9 nitrogen and oxygen atoms in total. The largest absolute Gasteiger partial charge is 0.465 e. The van der Waals surface area contributed by atoms with Crippen molar-refractivity contribution in [2.45, 2.75) is 46.1 Å². The Balaban J connectivity index is 1.88. The number of piperidine rings is 1. The Morgan fingerprint density at radius 1 is 1.19 bits per heavy atom. The van der Waals surface area contributed by atoms with Gasteiger partial charge in [-0.1, -0.05) is 6.07 Å². The lowest BCUT2D eigenvalue weighted by Crippen LogP contribution is -2.45. The van der Waals surface area contributed by atoms with Crippen LogP contribution < -0.4 is 5.32 Å². The Hall–Kier alpha value is -3.10. The van der Waals surface area contributed by atoms with Gasteiger partial charge in [0.2, 0.25) is 0 Å². The van der Waals surface area contributed by atoms with Crippen LogP contribution in [-0.2, 0) is 23.8 Å². The smallest absolute Gasteiger partial charge is 0.410 e. The Labute approximate surface area is 182 Å². The summed E-state index contributed by atoms with van der Waals surface area (Å²) in [6.07, 6.45) is 0.744. The van der Waals surface area contributed by atoms with Crippen molar-refractivity contribution in [2.24, 2.45) is 5.92 Å². The fraction of sp³-hybridized carbons (Fsp3) is 0.545. The standard InChI is InChI=1S/C22H30N2O7/c1-14-8-9-15(19(26)29-5)11-17(14)23-18(25)13-30-20(27)16-7-6-10-24(12-16)21(28)31-22(2,3)4/h8-9,11,16H,6-7,10,12-13H2,1-5H3,(H,23,25). The van der Waals surface area contributed by atoms with Gasteiger partial charge in [0, 0.05) is 18.8 Å². The van der Waals surface area contributed by atoms with Crippen LogP contribution in [0.5, 0.6) is 0 Å². The molecule has 1 saturated heterocycles. The molecule has 0 spiro atoms. The van der Waals surface area contributed by atoms with E-state index in [0.717, 1.165) is 5.56 Å². The number of hydrogen-bond acceptors (Lipinski definition) is 7. The first-order chi connectivity index (χ1) is 14.5. The number of rotatable bonds is 5. The third kappa shape index (κ3) is 7.27. The predicted octanol–water partition coefficient (Wildman–Crippen LogP) is 2.91. The van der Waals surface area contributed by atoms with E-state index >= 15 is 0 Å². The molecule has 1 unspecified atom stereocenters. The van der Waals surface area contributed by atoms with Crippen molar-refractivity contribution in [3.05, 3.63) is 29.3 Å². The number of anilines is 1. The number of nitrogens with zero attached hydrogens (tertiary/aromatic N) is 1. The van der Waals surface area contributed by atoms with Gasteiger partial charge >= 0.3 is 18.0 Å². The van der Waals surface area contributed by atoms with E-state index in [4.69, 9.17) is 9.47 Å². The lowest BCUT2D eigenvalue weighted by molar-refractivity contribution is -0.153. The number of hydrogen-bond donors (Lipinski definition) is 1. The molecule has 0 saturated carbocycles. The maximum absolute atomic E-state index is 12.4. The Morgan fingerprint density at radius 2 is 1.90 bits per heavy atom. The molecule has 1 aromatic carbocycles. The quantitative estimate of drug-likeness (QED) is 0.560. The first kappa shape index (κ1) is 24.2. The van der Waals surface area contributed by atoms with Gasteiger partial charge in [0.15, 0.2) is 6.61 Å². The molecule has 2 rings (SSSR count). The van der Waals surface area contributed by atoms with E-state index in [1.54, 1.807) is 39.8 Å². The normalized spacial score (nSPS) is 16.3. The van der Waals surface area contributed by atoms with Gasteiger partial charge in [-0.2, -0.15) is 0 Å². The zero-order valence-electron chi connectivity index (χ0n) is 18.6. The molecule has 0 aromatic heterocycles. The molecule has 170 valence electrons. The minimum atomic E-state index is -0.619. The summed E-state index contributed by atoms with van der Waals surface area (Å²) < 4.78 is 15.2. The lowest BCUT2D eigenvalue weighted by Gasteiger charge is -2.33. The number of carbonyl (C=O) groups excluding carboxylic acids is 4. The highest BCUT2D eigenvalue weighted by atomic mass is 16.6. The fourth-order valence-corrected chi connectivity index (χ4v) is 3.10. The van der Waals surface area contributed by atoms with Crippen LogP contribution in [0.1, 0.15) is 49.5 Å². The molecule has 1 N–H and O–H groups in total. The van der Waals surface area contributed by atoms with Crippen LogP contribution in [0.3, 0.4) is 0 Å². The van der Waals surface area contributed by atoms with Crippen molar-refractivity contribution in [1.29, 1.82) is 0 Å². The molecule has 2 amide bonds. The molecule has 31 heavy (non-hydrogen) atoms. The fourth-order valence-electron chi connectivity index (χ4n) is 3.10. The maximum Gasteiger partial charge on any atom is 0.410 e.